The lowest BCUT2D eigenvalue weighted by Gasteiger charge is -2.42. The fraction of sp³-hybridized carbons (Fsp3) is 0.615. The molecule has 1 atom stereocenters. The molecule has 1 fully saturated rings. The minimum Gasteiger partial charge on any atom is -0.397 e. The summed E-state index contributed by atoms with van der Waals surface area (Å²) in [5.41, 5.74) is 7.02. The summed E-state index contributed by atoms with van der Waals surface area (Å²) in [6.45, 7) is 7.36. The van der Waals surface area contributed by atoms with Gasteiger partial charge in [0.15, 0.2) is 0 Å². The number of aliphatic hydroxyl groups excluding tert-OH is 1. The normalized spacial score (nSPS) is 23.1. The Morgan fingerprint density at radius 2 is 2.28 bits per heavy atom. The summed E-state index contributed by atoms with van der Waals surface area (Å²) >= 11 is 0. The van der Waals surface area contributed by atoms with Crippen LogP contribution in [0.15, 0.2) is 12.1 Å². The highest BCUT2D eigenvalue weighted by atomic mass is 16.5. The summed E-state index contributed by atoms with van der Waals surface area (Å²) in [7, 11) is 0. The number of morpholine rings is 1. The van der Waals surface area contributed by atoms with Gasteiger partial charge in [-0.3, -0.25) is 0 Å². The average molecular weight is 251 g/mol. The van der Waals surface area contributed by atoms with Crippen molar-refractivity contribution < 1.29 is 9.84 Å². The zero-order valence-electron chi connectivity index (χ0n) is 11.2. The summed E-state index contributed by atoms with van der Waals surface area (Å²) in [4.78, 5) is 6.63. The smallest absolute Gasteiger partial charge is 0.129 e. The molecule has 1 saturated heterocycles. The zero-order valence-corrected chi connectivity index (χ0v) is 11.2. The van der Waals surface area contributed by atoms with E-state index in [0.717, 1.165) is 18.1 Å². The number of nitrogens with zero attached hydrogens (tertiary/aromatic N) is 2. The van der Waals surface area contributed by atoms with Gasteiger partial charge in [0.1, 0.15) is 5.82 Å². The molecule has 1 aliphatic rings. The van der Waals surface area contributed by atoms with Gasteiger partial charge in [0.25, 0.3) is 0 Å². The molecule has 1 aromatic heterocycles. The average Bonchev–Trinajstić information content (AvgIpc) is 2.30. The number of ether oxygens (including phenoxy) is 1. The van der Waals surface area contributed by atoms with E-state index in [0.29, 0.717) is 12.2 Å². The maximum atomic E-state index is 9.29. The van der Waals surface area contributed by atoms with Crippen LogP contribution in [0.1, 0.15) is 19.5 Å². The van der Waals surface area contributed by atoms with E-state index in [1.807, 2.05) is 32.9 Å². The summed E-state index contributed by atoms with van der Waals surface area (Å²) in [6, 6.07) is 3.78. The molecule has 1 aliphatic heterocycles. The number of pyridine rings is 1. The Balaban J connectivity index is 2.23. The molecular weight excluding hydrogens is 230 g/mol. The van der Waals surface area contributed by atoms with Gasteiger partial charge in [0.2, 0.25) is 0 Å². The predicted molar refractivity (Wildman–Crippen MR) is 71.6 cm³/mol. The van der Waals surface area contributed by atoms with Gasteiger partial charge in [-0.05, 0) is 32.9 Å². The molecule has 5 nitrogen and oxygen atoms in total. The second kappa shape index (κ2) is 4.74. The van der Waals surface area contributed by atoms with Crippen LogP contribution in [0.4, 0.5) is 11.5 Å². The van der Waals surface area contributed by atoms with Crippen LogP contribution >= 0.6 is 0 Å². The van der Waals surface area contributed by atoms with E-state index < -0.39 is 0 Å². The highest BCUT2D eigenvalue weighted by Gasteiger charge is 2.33. The Hall–Kier alpha value is -1.33. The van der Waals surface area contributed by atoms with Gasteiger partial charge in [-0.2, -0.15) is 0 Å². The fourth-order valence-electron chi connectivity index (χ4n) is 2.30. The number of hydrogen-bond acceptors (Lipinski definition) is 5. The highest BCUT2D eigenvalue weighted by Crippen LogP contribution is 2.25. The van der Waals surface area contributed by atoms with Gasteiger partial charge in [0.05, 0.1) is 29.7 Å². The third kappa shape index (κ3) is 2.73. The van der Waals surface area contributed by atoms with Crippen molar-refractivity contribution in [1.82, 2.24) is 4.98 Å². The number of aromatic nitrogens is 1. The predicted octanol–water partition coefficient (Wildman–Crippen LogP) is 0.948. The molecule has 5 heteroatoms. The minimum absolute atomic E-state index is 0.0217. The van der Waals surface area contributed by atoms with Crippen LogP contribution in [-0.2, 0) is 4.74 Å². The Morgan fingerprint density at radius 1 is 1.56 bits per heavy atom. The number of hydrogen-bond donors (Lipinski definition) is 2. The third-order valence-electron chi connectivity index (χ3n) is 3.12. The molecule has 0 aromatic carbocycles. The van der Waals surface area contributed by atoms with Gasteiger partial charge in [0, 0.05) is 13.1 Å². The van der Waals surface area contributed by atoms with Crippen molar-refractivity contribution >= 4 is 11.5 Å². The first-order valence-electron chi connectivity index (χ1n) is 6.18. The molecule has 0 amide bonds. The van der Waals surface area contributed by atoms with Crippen molar-refractivity contribution in [3.8, 4) is 0 Å². The van der Waals surface area contributed by atoms with Crippen molar-refractivity contribution in [1.29, 1.82) is 0 Å². The molecule has 0 bridgehead atoms. The van der Waals surface area contributed by atoms with E-state index in [-0.39, 0.29) is 18.3 Å². The van der Waals surface area contributed by atoms with Gasteiger partial charge >= 0.3 is 0 Å². The van der Waals surface area contributed by atoms with Gasteiger partial charge in [-0.15, -0.1) is 0 Å². The van der Waals surface area contributed by atoms with E-state index in [1.54, 1.807) is 0 Å². The molecule has 18 heavy (non-hydrogen) atoms. The number of nitrogens with two attached hydrogens (primary N) is 1. The highest BCUT2D eigenvalue weighted by molar-refractivity contribution is 5.50. The maximum Gasteiger partial charge on any atom is 0.129 e. The topological polar surface area (TPSA) is 71.6 Å². The molecule has 100 valence electrons. The lowest BCUT2D eigenvalue weighted by atomic mass is 10.1. The van der Waals surface area contributed by atoms with Crippen LogP contribution in [0.2, 0.25) is 0 Å². The summed E-state index contributed by atoms with van der Waals surface area (Å²) in [5, 5.41) is 9.29. The molecule has 2 heterocycles. The molecule has 0 spiro atoms. The van der Waals surface area contributed by atoms with E-state index in [1.165, 1.54) is 0 Å². The van der Waals surface area contributed by atoms with E-state index >= 15 is 0 Å². The number of aryl methyl sites for hydroxylation is 1. The van der Waals surface area contributed by atoms with Crippen LogP contribution in [0.5, 0.6) is 0 Å². The maximum absolute atomic E-state index is 9.29. The Morgan fingerprint density at radius 3 is 2.89 bits per heavy atom. The van der Waals surface area contributed by atoms with Crippen LogP contribution < -0.4 is 10.6 Å². The summed E-state index contributed by atoms with van der Waals surface area (Å²) in [5.74, 6) is 0.886. The SMILES string of the molecule is Cc1nc(N2CC(CO)OC(C)(C)C2)ccc1N. The number of aliphatic hydroxyl groups is 1. The lowest BCUT2D eigenvalue weighted by molar-refractivity contribution is -0.101. The standard InChI is InChI=1S/C13H21N3O2/c1-9-11(14)4-5-12(15-9)16-6-10(7-17)18-13(2,3)8-16/h4-5,10,17H,6-8,14H2,1-3H3. The Bertz CT molecular complexity index is 434. The molecule has 1 unspecified atom stereocenters. The summed E-state index contributed by atoms with van der Waals surface area (Å²) < 4.78 is 5.78. The summed E-state index contributed by atoms with van der Waals surface area (Å²) in [6.07, 6.45) is -0.173. The van der Waals surface area contributed by atoms with Crippen molar-refractivity contribution in [2.24, 2.45) is 0 Å². The van der Waals surface area contributed by atoms with E-state index in [4.69, 9.17) is 10.5 Å². The number of nitrogen functional groups attached to an aromatic ring is 1. The zero-order chi connectivity index (χ0) is 13.3. The molecule has 0 aliphatic carbocycles. The molecule has 0 radical (unpaired) electrons. The molecule has 2 rings (SSSR count). The van der Waals surface area contributed by atoms with E-state index in [9.17, 15) is 5.11 Å². The first-order valence-corrected chi connectivity index (χ1v) is 6.18. The molecule has 1 aromatic rings. The third-order valence-corrected chi connectivity index (χ3v) is 3.12. The first kappa shape index (κ1) is 13.1. The van der Waals surface area contributed by atoms with Crippen molar-refractivity contribution in [2.45, 2.75) is 32.5 Å². The van der Waals surface area contributed by atoms with Crippen LogP contribution in [0.3, 0.4) is 0 Å². The Labute approximate surface area is 108 Å². The monoisotopic (exact) mass is 251 g/mol. The second-order valence-corrected chi connectivity index (χ2v) is 5.41. The number of rotatable bonds is 2. The van der Waals surface area contributed by atoms with Gasteiger partial charge in [-0.25, -0.2) is 4.98 Å². The molecular formula is C13H21N3O2. The Kier molecular flexibility index (Phi) is 3.45. The van der Waals surface area contributed by atoms with Crippen LogP contribution in [0, 0.1) is 6.92 Å². The van der Waals surface area contributed by atoms with Gasteiger partial charge in [-0.1, -0.05) is 0 Å². The van der Waals surface area contributed by atoms with E-state index in [2.05, 4.69) is 9.88 Å². The quantitative estimate of drug-likeness (QED) is 0.818. The van der Waals surface area contributed by atoms with Crippen LogP contribution in [-0.4, -0.2) is 41.5 Å². The van der Waals surface area contributed by atoms with Crippen molar-refractivity contribution in [2.75, 3.05) is 30.3 Å². The first-order chi connectivity index (χ1) is 8.41. The van der Waals surface area contributed by atoms with Crippen molar-refractivity contribution in [3.63, 3.8) is 0 Å². The van der Waals surface area contributed by atoms with Gasteiger partial charge < -0.3 is 20.5 Å². The number of anilines is 2. The van der Waals surface area contributed by atoms with Crippen molar-refractivity contribution in [3.05, 3.63) is 17.8 Å². The molecule has 3 N–H and O–H groups in total. The second-order valence-electron chi connectivity index (χ2n) is 5.41. The lowest BCUT2D eigenvalue weighted by Crippen LogP contribution is -2.54. The molecule has 0 saturated carbocycles. The minimum atomic E-state index is -0.289. The fourth-order valence-corrected chi connectivity index (χ4v) is 2.30. The largest absolute Gasteiger partial charge is 0.397 e. The van der Waals surface area contributed by atoms with Crippen LogP contribution in [0.25, 0.3) is 0 Å².